The number of hydrogen-bond acceptors (Lipinski definition) is 5. The van der Waals surface area contributed by atoms with Crippen molar-refractivity contribution in [2.75, 3.05) is 19.0 Å². The number of pyridine rings is 1. The fourth-order valence-electron chi connectivity index (χ4n) is 2.36. The molecule has 2 rings (SSSR count). The predicted octanol–water partition coefficient (Wildman–Crippen LogP) is 2.38. The smallest absolute Gasteiger partial charge is 0.411 e. The van der Waals surface area contributed by atoms with E-state index in [2.05, 4.69) is 10.3 Å². The Kier molecular flexibility index (Phi) is 5.26. The van der Waals surface area contributed by atoms with Crippen LogP contribution in [-0.2, 0) is 9.53 Å². The second-order valence-electron chi connectivity index (χ2n) is 6.54. The van der Waals surface area contributed by atoms with Gasteiger partial charge in [0.25, 0.3) is 0 Å². The van der Waals surface area contributed by atoms with Gasteiger partial charge in [0.05, 0.1) is 13.7 Å². The van der Waals surface area contributed by atoms with Crippen molar-refractivity contribution >= 4 is 17.8 Å². The highest BCUT2D eigenvalue weighted by Gasteiger charge is 2.41. The van der Waals surface area contributed by atoms with E-state index in [1.807, 2.05) is 0 Å². The molecule has 24 heavy (non-hydrogen) atoms. The summed E-state index contributed by atoms with van der Waals surface area (Å²) >= 11 is 0. The number of carbonyl (C=O) groups excluding carboxylic acids is 2. The number of carbonyl (C=O) groups is 2. The molecule has 1 N–H and O–H groups in total. The summed E-state index contributed by atoms with van der Waals surface area (Å²) in [6.07, 6.45) is -2.05. The van der Waals surface area contributed by atoms with E-state index in [0.29, 0.717) is 5.88 Å². The van der Waals surface area contributed by atoms with E-state index >= 15 is 0 Å². The number of rotatable bonds is 3. The Morgan fingerprint density at radius 1 is 1.38 bits per heavy atom. The van der Waals surface area contributed by atoms with E-state index in [1.54, 1.807) is 39.0 Å². The van der Waals surface area contributed by atoms with Gasteiger partial charge in [0.2, 0.25) is 11.8 Å². The normalized spacial score (nSPS) is 20.6. The molecule has 132 valence electrons. The number of halogens is 1. The third-order valence-corrected chi connectivity index (χ3v) is 3.36. The molecular formula is C16H22FN3O4. The summed E-state index contributed by atoms with van der Waals surface area (Å²) in [4.78, 5) is 29.8. The number of nitrogens with one attached hydrogen (secondary N) is 1. The molecule has 0 saturated carbocycles. The lowest BCUT2D eigenvalue weighted by Crippen LogP contribution is -2.45. The van der Waals surface area contributed by atoms with E-state index in [-0.39, 0.29) is 18.8 Å². The van der Waals surface area contributed by atoms with Crippen LogP contribution >= 0.6 is 0 Å². The molecule has 7 nitrogen and oxygen atoms in total. The summed E-state index contributed by atoms with van der Waals surface area (Å²) in [5.41, 5.74) is -0.721. The highest BCUT2D eigenvalue weighted by atomic mass is 19.1. The molecule has 8 heteroatoms. The lowest BCUT2D eigenvalue weighted by Gasteiger charge is -2.27. The average molecular weight is 339 g/mol. The lowest BCUT2D eigenvalue weighted by molar-refractivity contribution is -0.120. The highest BCUT2D eigenvalue weighted by molar-refractivity contribution is 5.96. The van der Waals surface area contributed by atoms with Gasteiger partial charge in [-0.25, -0.2) is 9.18 Å². The second kappa shape index (κ2) is 7.02. The Hall–Kier alpha value is -2.38. The van der Waals surface area contributed by atoms with Gasteiger partial charge in [-0.3, -0.25) is 9.69 Å². The van der Waals surface area contributed by atoms with Gasteiger partial charge in [0.1, 0.15) is 23.6 Å². The van der Waals surface area contributed by atoms with Crippen LogP contribution in [-0.4, -0.2) is 53.4 Å². The van der Waals surface area contributed by atoms with Crippen LogP contribution < -0.4 is 10.1 Å². The van der Waals surface area contributed by atoms with E-state index in [0.717, 1.165) is 4.90 Å². The fourth-order valence-corrected chi connectivity index (χ4v) is 2.36. The van der Waals surface area contributed by atoms with Gasteiger partial charge in [-0.05, 0) is 26.8 Å². The maximum Gasteiger partial charge on any atom is 0.411 e. The summed E-state index contributed by atoms with van der Waals surface area (Å²) in [5, 5.41) is 2.58. The van der Waals surface area contributed by atoms with Gasteiger partial charge in [0.15, 0.2) is 0 Å². The van der Waals surface area contributed by atoms with Crippen molar-refractivity contribution in [2.45, 2.75) is 45.0 Å². The van der Waals surface area contributed by atoms with Crippen LogP contribution in [0.2, 0.25) is 0 Å². The van der Waals surface area contributed by atoms with Crippen molar-refractivity contribution in [3.05, 3.63) is 18.2 Å². The van der Waals surface area contributed by atoms with Crippen molar-refractivity contribution in [3.8, 4) is 5.88 Å². The Morgan fingerprint density at radius 2 is 2.08 bits per heavy atom. The van der Waals surface area contributed by atoms with Gasteiger partial charge in [-0.1, -0.05) is 6.07 Å². The number of likely N-dealkylation sites (tertiary alicyclic amines) is 1. The van der Waals surface area contributed by atoms with E-state index in [9.17, 15) is 14.0 Å². The zero-order valence-corrected chi connectivity index (χ0v) is 14.2. The van der Waals surface area contributed by atoms with Crippen molar-refractivity contribution in [2.24, 2.45) is 0 Å². The molecule has 1 aromatic rings. The van der Waals surface area contributed by atoms with E-state index in [4.69, 9.17) is 9.47 Å². The summed E-state index contributed by atoms with van der Waals surface area (Å²) in [6.45, 7) is 4.97. The fraction of sp³-hybridized carbons (Fsp3) is 0.562. The number of nitrogens with zero attached hydrogens (tertiary/aromatic N) is 2. The Bertz CT molecular complexity index is 618. The monoisotopic (exact) mass is 339 g/mol. The molecule has 0 aromatic carbocycles. The number of aromatic nitrogens is 1. The van der Waals surface area contributed by atoms with Crippen LogP contribution in [0.4, 0.5) is 15.0 Å². The van der Waals surface area contributed by atoms with Gasteiger partial charge in [-0.2, -0.15) is 4.98 Å². The molecule has 1 fully saturated rings. The first-order valence-corrected chi connectivity index (χ1v) is 7.65. The van der Waals surface area contributed by atoms with Crippen LogP contribution in [0.3, 0.4) is 0 Å². The number of ether oxygens (including phenoxy) is 2. The molecule has 0 bridgehead atoms. The molecule has 0 aliphatic carbocycles. The largest absolute Gasteiger partial charge is 0.481 e. The van der Waals surface area contributed by atoms with Crippen LogP contribution in [0.5, 0.6) is 5.88 Å². The third kappa shape index (κ3) is 4.56. The number of hydrogen-bond donors (Lipinski definition) is 1. The topological polar surface area (TPSA) is 80.8 Å². The van der Waals surface area contributed by atoms with Crippen molar-refractivity contribution in [3.63, 3.8) is 0 Å². The molecule has 2 atom stereocenters. The summed E-state index contributed by atoms with van der Waals surface area (Å²) < 4.78 is 24.0. The minimum Gasteiger partial charge on any atom is -0.481 e. The molecule has 0 spiro atoms. The molecule has 0 unspecified atom stereocenters. The van der Waals surface area contributed by atoms with Crippen molar-refractivity contribution in [1.82, 2.24) is 9.88 Å². The average Bonchev–Trinajstić information content (AvgIpc) is 2.88. The number of alkyl halides is 1. The molecule has 1 aliphatic heterocycles. The first kappa shape index (κ1) is 18.0. The Labute approximate surface area is 140 Å². The number of amides is 2. The third-order valence-electron chi connectivity index (χ3n) is 3.36. The number of methoxy groups -OCH3 is 1. The van der Waals surface area contributed by atoms with Crippen LogP contribution in [0, 0.1) is 0 Å². The predicted molar refractivity (Wildman–Crippen MR) is 85.7 cm³/mol. The second-order valence-corrected chi connectivity index (χ2v) is 6.54. The SMILES string of the molecule is COc1cccc(NC(=O)[C@@H]2C[C@@H](F)CN2C(=O)OC(C)(C)C)n1. The zero-order valence-electron chi connectivity index (χ0n) is 14.2. The van der Waals surface area contributed by atoms with E-state index in [1.165, 1.54) is 7.11 Å². The van der Waals surface area contributed by atoms with Crippen LogP contribution in [0.25, 0.3) is 0 Å². The van der Waals surface area contributed by atoms with Gasteiger partial charge >= 0.3 is 6.09 Å². The molecule has 1 saturated heterocycles. The molecule has 2 amide bonds. The summed E-state index contributed by atoms with van der Waals surface area (Å²) in [5.74, 6) is 0.0964. The Morgan fingerprint density at radius 3 is 2.71 bits per heavy atom. The zero-order chi connectivity index (χ0) is 17.9. The Balaban J connectivity index is 2.09. The number of anilines is 1. The molecule has 2 heterocycles. The minimum absolute atomic E-state index is 0.0744. The highest BCUT2D eigenvalue weighted by Crippen LogP contribution is 2.24. The van der Waals surface area contributed by atoms with Gasteiger partial charge in [-0.15, -0.1) is 0 Å². The van der Waals surface area contributed by atoms with Gasteiger partial charge in [0, 0.05) is 12.5 Å². The quantitative estimate of drug-likeness (QED) is 0.914. The molecule has 1 aliphatic rings. The maximum absolute atomic E-state index is 13.8. The standard InChI is InChI=1S/C16H22FN3O4/c1-16(2,3)24-15(22)20-9-10(17)8-11(20)14(21)19-12-6-5-7-13(18-12)23-4/h5-7,10-11H,8-9H2,1-4H3,(H,18,19,21)/t10-,11+/m1/s1. The summed E-state index contributed by atoms with van der Waals surface area (Å²) in [6, 6.07) is 3.94. The summed E-state index contributed by atoms with van der Waals surface area (Å²) in [7, 11) is 1.46. The lowest BCUT2D eigenvalue weighted by atomic mass is 10.2. The molecule has 1 aromatic heterocycles. The van der Waals surface area contributed by atoms with Crippen molar-refractivity contribution in [1.29, 1.82) is 0 Å². The van der Waals surface area contributed by atoms with Gasteiger partial charge < -0.3 is 14.8 Å². The van der Waals surface area contributed by atoms with Crippen LogP contribution in [0.15, 0.2) is 18.2 Å². The van der Waals surface area contributed by atoms with E-state index < -0.39 is 29.8 Å². The first-order valence-electron chi connectivity index (χ1n) is 7.65. The van der Waals surface area contributed by atoms with Crippen molar-refractivity contribution < 1.29 is 23.5 Å². The maximum atomic E-state index is 13.8. The first-order chi connectivity index (χ1) is 11.2. The van der Waals surface area contributed by atoms with Crippen LogP contribution in [0.1, 0.15) is 27.2 Å². The molecule has 0 radical (unpaired) electrons. The minimum atomic E-state index is -1.27. The molecular weight excluding hydrogens is 317 g/mol.